The van der Waals surface area contributed by atoms with Crippen LogP contribution in [0.4, 0.5) is 0 Å². The third-order valence-electron chi connectivity index (χ3n) is 5.16. The van der Waals surface area contributed by atoms with Gasteiger partial charge < -0.3 is 5.11 Å². The van der Waals surface area contributed by atoms with E-state index in [2.05, 4.69) is 26.0 Å². The maximum Gasteiger partial charge on any atom is 0.0932 e. The molecule has 16 heavy (non-hydrogen) atoms. The fourth-order valence-corrected chi connectivity index (χ4v) is 4.18. The van der Waals surface area contributed by atoms with E-state index in [0.29, 0.717) is 17.3 Å². The summed E-state index contributed by atoms with van der Waals surface area (Å²) < 4.78 is 0. The average Bonchev–Trinajstić information content (AvgIpc) is 2.67. The SMILES string of the molecule is CC1(C)[C@@H]2CC[C@H]1[C@@](O)(c1ccccc1)C2. The van der Waals surface area contributed by atoms with E-state index in [0.717, 1.165) is 12.0 Å². The third kappa shape index (κ3) is 1.15. The molecule has 1 aromatic carbocycles. The Bertz CT molecular complexity index is 395. The van der Waals surface area contributed by atoms with Crippen molar-refractivity contribution in [2.24, 2.45) is 17.3 Å². The topological polar surface area (TPSA) is 20.2 Å². The molecule has 2 bridgehead atoms. The molecule has 2 aliphatic rings. The molecule has 0 radical (unpaired) electrons. The molecule has 1 N–H and O–H groups in total. The number of aliphatic hydroxyl groups is 1. The summed E-state index contributed by atoms with van der Waals surface area (Å²) in [5, 5.41) is 11.0. The molecule has 86 valence electrons. The summed E-state index contributed by atoms with van der Waals surface area (Å²) in [5.74, 6) is 1.13. The van der Waals surface area contributed by atoms with Crippen LogP contribution in [0.1, 0.15) is 38.7 Å². The maximum atomic E-state index is 11.0. The largest absolute Gasteiger partial charge is 0.385 e. The molecule has 1 nitrogen and oxygen atoms in total. The maximum absolute atomic E-state index is 11.0. The molecule has 2 saturated carbocycles. The van der Waals surface area contributed by atoms with Gasteiger partial charge in [-0.15, -0.1) is 0 Å². The van der Waals surface area contributed by atoms with E-state index >= 15 is 0 Å². The lowest BCUT2D eigenvalue weighted by Gasteiger charge is -2.35. The summed E-state index contributed by atoms with van der Waals surface area (Å²) in [6, 6.07) is 10.2. The van der Waals surface area contributed by atoms with E-state index in [1.165, 1.54) is 12.8 Å². The minimum atomic E-state index is -0.562. The third-order valence-corrected chi connectivity index (χ3v) is 5.16. The first-order valence-corrected chi connectivity index (χ1v) is 6.33. The molecule has 0 aliphatic heterocycles. The predicted octanol–water partition coefficient (Wildman–Crippen LogP) is 3.33. The van der Waals surface area contributed by atoms with Gasteiger partial charge >= 0.3 is 0 Å². The highest BCUT2D eigenvalue weighted by molar-refractivity contribution is 5.28. The second-order valence-electron chi connectivity index (χ2n) is 6.14. The highest BCUT2D eigenvalue weighted by Gasteiger charge is 2.61. The first-order chi connectivity index (χ1) is 7.55. The standard InChI is InChI=1S/C15H20O/c1-14(2)12-8-9-13(14)15(16,10-12)11-6-4-3-5-7-11/h3-7,12-13,16H,8-10H2,1-2H3/t12-,13-,15+/m1/s1. The van der Waals surface area contributed by atoms with E-state index in [1.807, 2.05) is 18.2 Å². The second kappa shape index (κ2) is 3.10. The summed E-state index contributed by atoms with van der Waals surface area (Å²) in [6.07, 6.45) is 3.44. The van der Waals surface area contributed by atoms with Crippen LogP contribution >= 0.6 is 0 Å². The van der Waals surface area contributed by atoms with Crippen molar-refractivity contribution in [3.8, 4) is 0 Å². The van der Waals surface area contributed by atoms with Crippen molar-refractivity contribution < 1.29 is 5.11 Å². The minimum absolute atomic E-state index is 0.310. The lowest BCUT2D eigenvalue weighted by atomic mass is 9.75. The molecule has 2 aliphatic carbocycles. The van der Waals surface area contributed by atoms with Gasteiger partial charge in [0.05, 0.1) is 5.60 Å². The van der Waals surface area contributed by atoms with Crippen LogP contribution in [0.3, 0.4) is 0 Å². The summed E-state index contributed by atoms with van der Waals surface area (Å²) in [6.45, 7) is 4.66. The Morgan fingerprint density at radius 2 is 1.81 bits per heavy atom. The molecule has 3 rings (SSSR count). The van der Waals surface area contributed by atoms with Gasteiger partial charge in [-0.25, -0.2) is 0 Å². The van der Waals surface area contributed by atoms with Crippen LogP contribution < -0.4 is 0 Å². The fraction of sp³-hybridized carbons (Fsp3) is 0.600. The Morgan fingerprint density at radius 1 is 1.12 bits per heavy atom. The average molecular weight is 216 g/mol. The summed E-state index contributed by atoms with van der Waals surface area (Å²) in [5.41, 5.74) is 0.869. The van der Waals surface area contributed by atoms with Gasteiger partial charge in [0.25, 0.3) is 0 Å². The Morgan fingerprint density at radius 3 is 2.31 bits per heavy atom. The van der Waals surface area contributed by atoms with Crippen molar-refractivity contribution in [1.29, 1.82) is 0 Å². The second-order valence-corrected chi connectivity index (χ2v) is 6.14. The van der Waals surface area contributed by atoms with Gasteiger partial charge in [-0.05, 0) is 42.1 Å². The number of fused-ring (bicyclic) bond motifs is 2. The van der Waals surface area contributed by atoms with Gasteiger partial charge in [0, 0.05) is 0 Å². The lowest BCUT2D eigenvalue weighted by molar-refractivity contribution is -0.0309. The van der Waals surface area contributed by atoms with E-state index in [1.54, 1.807) is 0 Å². The van der Waals surface area contributed by atoms with Gasteiger partial charge in [-0.3, -0.25) is 0 Å². The Hall–Kier alpha value is -0.820. The zero-order chi connectivity index (χ0) is 11.4. The van der Waals surface area contributed by atoms with Gasteiger partial charge in [0.1, 0.15) is 0 Å². The van der Waals surface area contributed by atoms with Crippen molar-refractivity contribution >= 4 is 0 Å². The van der Waals surface area contributed by atoms with Gasteiger partial charge in [-0.1, -0.05) is 44.2 Å². The van der Waals surface area contributed by atoms with Crippen LogP contribution in [0.2, 0.25) is 0 Å². The lowest BCUT2D eigenvalue weighted by Crippen LogP contribution is -2.34. The van der Waals surface area contributed by atoms with Crippen LogP contribution in [0.25, 0.3) is 0 Å². The summed E-state index contributed by atoms with van der Waals surface area (Å²) in [7, 11) is 0. The minimum Gasteiger partial charge on any atom is -0.385 e. The Labute approximate surface area is 97.5 Å². The molecule has 1 heteroatoms. The number of hydrogen-bond donors (Lipinski definition) is 1. The van der Waals surface area contributed by atoms with Crippen molar-refractivity contribution in [1.82, 2.24) is 0 Å². The molecular formula is C15H20O. The van der Waals surface area contributed by atoms with Gasteiger partial charge in [-0.2, -0.15) is 0 Å². The first-order valence-electron chi connectivity index (χ1n) is 6.33. The molecule has 0 saturated heterocycles. The summed E-state index contributed by atoms with van der Waals surface area (Å²) in [4.78, 5) is 0. The highest BCUT2D eigenvalue weighted by atomic mass is 16.3. The van der Waals surface area contributed by atoms with E-state index in [4.69, 9.17) is 0 Å². The number of hydrogen-bond acceptors (Lipinski definition) is 1. The van der Waals surface area contributed by atoms with Crippen LogP contribution in [0.5, 0.6) is 0 Å². The monoisotopic (exact) mass is 216 g/mol. The number of rotatable bonds is 1. The molecule has 0 aromatic heterocycles. The van der Waals surface area contributed by atoms with Crippen LogP contribution in [0.15, 0.2) is 30.3 Å². The quantitative estimate of drug-likeness (QED) is 0.763. The molecule has 3 atom stereocenters. The first kappa shape index (κ1) is 10.3. The Kier molecular flexibility index (Phi) is 2.00. The zero-order valence-electron chi connectivity index (χ0n) is 10.1. The fourth-order valence-electron chi connectivity index (χ4n) is 4.18. The van der Waals surface area contributed by atoms with Crippen LogP contribution in [-0.4, -0.2) is 5.11 Å². The van der Waals surface area contributed by atoms with Gasteiger partial charge in [0.15, 0.2) is 0 Å². The molecule has 0 spiro atoms. The molecule has 2 fully saturated rings. The van der Waals surface area contributed by atoms with Crippen LogP contribution in [-0.2, 0) is 5.60 Å². The van der Waals surface area contributed by atoms with Gasteiger partial charge in [0.2, 0.25) is 0 Å². The van der Waals surface area contributed by atoms with E-state index in [-0.39, 0.29) is 0 Å². The molecule has 0 amide bonds. The molecular weight excluding hydrogens is 196 g/mol. The number of benzene rings is 1. The normalized spacial score (nSPS) is 40.2. The van der Waals surface area contributed by atoms with Crippen molar-refractivity contribution in [3.05, 3.63) is 35.9 Å². The smallest absolute Gasteiger partial charge is 0.0932 e. The zero-order valence-corrected chi connectivity index (χ0v) is 10.1. The van der Waals surface area contributed by atoms with Crippen molar-refractivity contribution in [3.63, 3.8) is 0 Å². The van der Waals surface area contributed by atoms with E-state index in [9.17, 15) is 5.11 Å². The molecule has 0 heterocycles. The van der Waals surface area contributed by atoms with Crippen molar-refractivity contribution in [2.45, 2.75) is 38.7 Å². The molecule has 1 aromatic rings. The summed E-state index contributed by atoms with van der Waals surface area (Å²) >= 11 is 0. The van der Waals surface area contributed by atoms with Crippen molar-refractivity contribution in [2.75, 3.05) is 0 Å². The molecule has 0 unspecified atom stereocenters. The Balaban J connectivity index is 2.04. The highest BCUT2D eigenvalue weighted by Crippen LogP contribution is 2.64. The predicted molar refractivity (Wildman–Crippen MR) is 65.0 cm³/mol. The van der Waals surface area contributed by atoms with E-state index < -0.39 is 5.60 Å². The van der Waals surface area contributed by atoms with Crippen LogP contribution in [0, 0.1) is 17.3 Å².